The molecule has 0 saturated carbocycles. The highest BCUT2D eigenvalue weighted by Crippen LogP contribution is 2.26. The van der Waals surface area contributed by atoms with E-state index in [4.69, 9.17) is 4.74 Å². The molecule has 1 aromatic rings. The van der Waals surface area contributed by atoms with Gasteiger partial charge in [0.05, 0.1) is 6.61 Å². The minimum absolute atomic E-state index is 0.107. The molecule has 2 aliphatic heterocycles. The molecular formula is C16H20N2O2. The van der Waals surface area contributed by atoms with Crippen LogP contribution in [0.1, 0.15) is 12.0 Å². The van der Waals surface area contributed by atoms with Crippen LogP contribution in [0, 0.1) is 0 Å². The molecule has 1 atom stereocenters. The van der Waals surface area contributed by atoms with Gasteiger partial charge < -0.3 is 15.0 Å². The standard InChI is InChI=1S/C16H20N2O2/c1-20-11-12-6-8-18(9-7-12)16(19)15-10-13-4-2-3-5-14(13)17-15/h2-6,15,17H,7-11H2,1H3. The molecule has 1 N–H and O–H groups in total. The van der Waals surface area contributed by atoms with E-state index in [9.17, 15) is 4.79 Å². The Kier molecular flexibility index (Phi) is 3.74. The van der Waals surface area contributed by atoms with E-state index < -0.39 is 0 Å². The van der Waals surface area contributed by atoms with Crippen molar-refractivity contribution in [3.05, 3.63) is 41.5 Å². The molecule has 3 rings (SSSR count). The fourth-order valence-corrected chi connectivity index (χ4v) is 2.90. The molecule has 0 aliphatic carbocycles. The van der Waals surface area contributed by atoms with Crippen molar-refractivity contribution in [1.29, 1.82) is 0 Å². The molecule has 0 fully saturated rings. The third kappa shape index (κ3) is 2.56. The van der Waals surface area contributed by atoms with Crippen molar-refractivity contribution in [3.63, 3.8) is 0 Å². The first-order valence-electron chi connectivity index (χ1n) is 7.08. The number of hydrogen-bond acceptors (Lipinski definition) is 3. The van der Waals surface area contributed by atoms with E-state index in [0.717, 1.165) is 25.1 Å². The van der Waals surface area contributed by atoms with Crippen LogP contribution in [0.5, 0.6) is 0 Å². The average molecular weight is 272 g/mol. The number of fused-ring (bicyclic) bond motifs is 1. The normalized spacial score (nSPS) is 21.1. The van der Waals surface area contributed by atoms with Crippen molar-refractivity contribution >= 4 is 11.6 Å². The highest BCUT2D eigenvalue weighted by Gasteiger charge is 2.30. The van der Waals surface area contributed by atoms with Gasteiger partial charge in [-0.15, -0.1) is 0 Å². The third-order valence-corrected chi connectivity index (χ3v) is 4.01. The zero-order valence-electron chi connectivity index (χ0n) is 11.8. The quantitative estimate of drug-likeness (QED) is 0.854. The molecule has 4 heteroatoms. The maximum absolute atomic E-state index is 12.5. The number of carbonyl (C=O) groups excluding carboxylic acids is 1. The molecule has 106 valence electrons. The number of methoxy groups -OCH3 is 1. The van der Waals surface area contributed by atoms with Gasteiger partial charge in [-0.1, -0.05) is 24.3 Å². The van der Waals surface area contributed by atoms with Gasteiger partial charge in [-0.05, 0) is 23.6 Å². The fourth-order valence-electron chi connectivity index (χ4n) is 2.90. The number of ether oxygens (including phenoxy) is 1. The molecule has 0 radical (unpaired) electrons. The molecule has 4 nitrogen and oxygen atoms in total. The van der Waals surface area contributed by atoms with Crippen LogP contribution in [0.2, 0.25) is 0 Å². The zero-order valence-corrected chi connectivity index (χ0v) is 11.8. The molecule has 20 heavy (non-hydrogen) atoms. The van der Waals surface area contributed by atoms with E-state index in [2.05, 4.69) is 17.5 Å². The van der Waals surface area contributed by atoms with Gasteiger partial charge in [0.2, 0.25) is 5.91 Å². The van der Waals surface area contributed by atoms with Crippen molar-refractivity contribution in [3.8, 4) is 0 Å². The maximum Gasteiger partial charge on any atom is 0.245 e. The summed E-state index contributed by atoms with van der Waals surface area (Å²) in [5.74, 6) is 0.203. The Balaban J connectivity index is 1.62. The van der Waals surface area contributed by atoms with Crippen molar-refractivity contribution < 1.29 is 9.53 Å². The summed E-state index contributed by atoms with van der Waals surface area (Å²) in [5.41, 5.74) is 3.62. The van der Waals surface area contributed by atoms with Gasteiger partial charge >= 0.3 is 0 Å². The number of nitrogens with zero attached hydrogens (tertiary/aromatic N) is 1. The topological polar surface area (TPSA) is 41.6 Å². The van der Waals surface area contributed by atoms with Crippen LogP contribution in [0.3, 0.4) is 0 Å². The van der Waals surface area contributed by atoms with Crippen LogP contribution in [0.25, 0.3) is 0 Å². The van der Waals surface area contributed by atoms with Gasteiger partial charge in [-0.2, -0.15) is 0 Å². The first-order chi connectivity index (χ1) is 9.78. The van der Waals surface area contributed by atoms with Gasteiger partial charge in [0.15, 0.2) is 0 Å². The van der Waals surface area contributed by atoms with Crippen LogP contribution < -0.4 is 5.32 Å². The smallest absolute Gasteiger partial charge is 0.245 e. The van der Waals surface area contributed by atoms with E-state index in [0.29, 0.717) is 13.2 Å². The lowest BCUT2D eigenvalue weighted by Gasteiger charge is -2.28. The summed E-state index contributed by atoms with van der Waals surface area (Å²) in [6.07, 6.45) is 3.83. The first-order valence-corrected chi connectivity index (χ1v) is 7.08. The van der Waals surface area contributed by atoms with Crippen LogP contribution >= 0.6 is 0 Å². The van der Waals surface area contributed by atoms with E-state index >= 15 is 0 Å². The first kappa shape index (κ1) is 13.2. The second-order valence-corrected chi connectivity index (χ2v) is 5.39. The largest absolute Gasteiger partial charge is 0.380 e. The Morgan fingerprint density at radius 1 is 1.45 bits per heavy atom. The van der Waals surface area contributed by atoms with Crippen molar-refractivity contribution in [1.82, 2.24) is 4.90 Å². The Bertz CT molecular complexity index is 514. The lowest BCUT2D eigenvalue weighted by molar-refractivity contribution is -0.131. The second-order valence-electron chi connectivity index (χ2n) is 5.39. The van der Waals surface area contributed by atoms with Gasteiger partial charge in [0.1, 0.15) is 6.04 Å². The SMILES string of the molecule is COCC1=CCN(C(=O)C2Cc3ccccc3N2)CC1. The van der Waals surface area contributed by atoms with Crippen LogP contribution in [-0.4, -0.2) is 43.7 Å². The zero-order chi connectivity index (χ0) is 13.9. The highest BCUT2D eigenvalue weighted by atomic mass is 16.5. The molecule has 1 aromatic carbocycles. The monoisotopic (exact) mass is 272 g/mol. The van der Waals surface area contributed by atoms with Crippen molar-refractivity contribution in [2.24, 2.45) is 0 Å². The summed E-state index contributed by atoms with van der Waals surface area (Å²) in [6.45, 7) is 2.17. The molecule has 0 aromatic heterocycles. The van der Waals surface area contributed by atoms with E-state index in [1.807, 2.05) is 23.1 Å². The van der Waals surface area contributed by atoms with E-state index in [-0.39, 0.29) is 11.9 Å². The Hall–Kier alpha value is -1.81. The molecule has 1 amide bonds. The number of amides is 1. The summed E-state index contributed by atoms with van der Waals surface area (Å²) in [6, 6.07) is 8.04. The van der Waals surface area contributed by atoms with E-state index in [1.165, 1.54) is 11.1 Å². The molecule has 0 spiro atoms. The predicted octanol–water partition coefficient (Wildman–Crippen LogP) is 1.83. The second kappa shape index (κ2) is 5.67. The van der Waals surface area contributed by atoms with Crippen molar-refractivity contribution in [2.75, 3.05) is 32.1 Å². The van der Waals surface area contributed by atoms with Crippen LogP contribution in [0.15, 0.2) is 35.9 Å². The molecule has 2 heterocycles. The number of hydrogen-bond donors (Lipinski definition) is 1. The number of anilines is 1. The van der Waals surface area contributed by atoms with Gasteiger partial charge in [0, 0.05) is 32.3 Å². The van der Waals surface area contributed by atoms with Gasteiger partial charge in [-0.25, -0.2) is 0 Å². The van der Waals surface area contributed by atoms with E-state index in [1.54, 1.807) is 7.11 Å². The minimum atomic E-state index is -0.107. The predicted molar refractivity (Wildman–Crippen MR) is 78.7 cm³/mol. The summed E-state index contributed by atoms with van der Waals surface area (Å²) in [4.78, 5) is 14.5. The number of para-hydroxylation sites is 1. The summed E-state index contributed by atoms with van der Waals surface area (Å²) in [5, 5.41) is 3.33. The summed E-state index contributed by atoms with van der Waals surface area (Å²) < 4.78 is 5.14. The fraction of sp³-hybridized carbons (Fsp3) is 0.438. The number of rotatable bonds is 3. The number of nitrogens with one attached hydrogen (secondary N) is 1. The Labute approximate surface area is 119 Å². The third-order valence-electron chi connectivity index (χ3n) is 4.01. The number of carbonyl (C=O) groups is 1. The van der Waals surface area contributed by atoms with Crippen LogP contribution in [0.4, 0.5) is 5.69 Å². The molecule has 0 saturated heterocycles. The molecular weight excluding hydrogens is 252 g/mol. The molecule has 0 bridgehead atoms. The minimum Gasteiger partial charge on any atom is -0.380 e. The summed E-state index contributed by atoms with van der Waals surface area (Å²) in [7, 11) is 1.71. The van der Waals surface area contributed by atoms with Crippen LogP contribution in [-0.2, 0) is 16.0 Å². The Morgan fingerprint density at radius 2 is 2.30 bits per heavy atom. The van der Waals surface area contributed by atoms with Gasteiger partial charge in [0.25, 0.3) is 0 Å². The maximum atomic E-state index is 12.5. The highest BCUT2D eigenvalue weighted by molar-refractivity contribution is 5.87. The average Bonchev–Trinajstić information content (AvgIpc) is 2.91. The van der Waals surface area contributed by atoms with Crippen molar-refractivity contribution in [2.45, 2.75) is 18.9 Å². The lowest BCUT2D eigenvalue weighted by atomic mass is 10.1. The lowest BCUT2D eigenvalue weighted by Crippen LogP contribution is -2.44. The number of benzene rings is 1. The molecule has 2 aliphatic rings. The molecule has 1 unspecified atom stereocenters. The summed E-state index contributed by atoms with van der Waals surface area (Å²) >= 11 is 0. The Morgan fingerprint density at radius 3 is 3.00 bits per heavy atom. The van der Waals surface area contributed by atoms with Gasteiger partial charge in [-0.3, -0.25) is 4.79 Å².